The van der Waals surface area contributed by atoms with Gasteiger partial charge in [0.05, 0.1) is 11.3 Å². The van der Waals surface area contributed by atoms with Gasteiger partial charge in [-0.2, -0.15) is 0 Å². The van der Waals surface area contributed by atoms with Gasteiger partial charge in [-0.1, -0.05) is 6.92 Å². The number of benzene rings is 1. The highest BCUT2D eigenvalue weighted by Gasteiger charge is 2.23. The van der Waals surface area contributed by atoms with Crippen LogP contribution in [0, 0.1) is 11.7 Å². The molecule has 1 fully saturated rings. The predicted molar refractivity (Wildman–Crippen MR) is 73.4 cm³/mol. The molecule has 19 heavy (non-hydrogen) atoms. The summed E-state index contributed by atoms with van der Waals surface area (Å²) in [6, 6.07) is 4.56. The van der Waals surface area contributed by atoms with Crippen LogP contribution in [0.2, 0.25) is 0 Å². The van der Waals surface area contributed by atoms with Gasteiger partial charge in [-0.05, 0) is 37.0 Å². The molecule has 5 heteroatoms. The zero-order chi connectivity index (χ0) is 13.8. The molecule has 2 rings (SSSR count). The summed E-state index contributed by atoms with van der Waals surface area (Å²) >= 11 is 0. The highest BCUT2D eigenvalue weighted by atomic mass is 19.1. The monoisotopic (exact) mass is 265 g/mol. The van der Waals surface area contributed by atoms with Gasteiger partial charge >= 0.3 is 0 Å². The molecule has 0 saturated carbocycles. The van der Waals surface area contributed by atoms with Gasteiger partial charge in [0.1, 0.15) is 5.82 Å². The Morgan fingerprint density at radius 2 is 2.05 bits per heavy atom. The lowest BCUT2D eigenvalue weighted by molar-refractivity contribution is 0.0692. The van der Waals surface area contributed by atoms with Crippen LogP contribution in [0.5, 0.6) is 0 Å². The Bertz CT molecular complexity index is 456. The Balaban J connectivity index is 2.10. The lowest BCUT2D eigenvalue weighted by atomic mass is 9.98. The minimum Gasteiger partial charge on any atom is -0.339 e. The maximum Gasteiger partial charge on any atom is 0.256 e. The van der Waals surface area contributed by atoms with Crippen molar-refractivity contribution in [3.05, 3.63) is 29.6 Å². The molecule has 0 aromatic heterocycles. The summed E-state index contributed by atoms with van der Waals surface area (Å²) in [6.07, 6.45) is 1.99. The second kappa shape index (κ2) is 6.02. The zero-order valence-corrected chi connectivity index (χ0v) is 11.4. The van der Waals surface area contributed by atoms with Gasteiger partial charge in [-0.15, -0.1) is 0 Å². The number of carbonyl (C=O) groups is 1. The first-order chi connectivity index (χ1) is 9.11. The van der Waals surface area contributed by atoms with E-state index in [2.05, 4.69) is 17.8 Å². The van der Waals surface area contributed by atoms with Crippen molar-refractivity contribution in [2.45, 2.75) is 19.8 Å². The lowest BCUT2D eigenvalue weighted by Crippen LogP contribution is -2.38. The van der Waals surface area contributed by atoms with Crippen LogP contribution in [0.3, 0.4) is 0 Å². The molecule has 1 aliphatic rings. The number of halogens is 1. The van der Waals surface area contributed by atoms with Gasteiger partial charge in [-0.25, -0.2) is 9.82 Å². The number of anilines is 1. The molecule has 1 saturated heterocycles. The van der Waals surface area contributed by atoms with Crippen molar-refractivity contribution in [1.82, 2.24) is 10.3 Å². The van der Waals surface area contributed by atoms with Crippen molar-refractivity contribution in [3.8, 4) is 0 Å². The summed E-state index contributed by atoms with van der Waals surface area (Å²) in [5.74, 6) is -0.0413. The minimum atomic E-state index is -0.483. The van der Waals surface area contributed by atoms with Gasteiger partial charge in [0, 0.05) is 20.1 Å². The Morgan fingerprint density at radius 1 is 1.37 bits per heavy atom. The second-order valence-electron chi connectivity index (χ2n) is 5.04. The third-order valence-corrected chi connectivity index (χ3v) is 3.54. The van der Waals surface area contributed by atoms with Crippen molar-refractivity contribution in [2.75, 3.05) is 25.6 Å². The largest absolute Gasteiger partial charge is 0.339 e. The van der Waals surface area contributed by atoms with Crippen LogP contribution in [-0.2, 0) is 0 Å². The highest BCUT2D eigenvalue weighted by Crippen LogP contribution is 2.20. The Morgan fingerprint density at radius 3 is 2.63 bits per heavy atom. The number of rotatable bonds is 3. The van der Waals surface area contributed by atoms with Crippen LogP contribution >= 0.6 is 0 Å². The van der Waals surface area contributed by atoms with Crippen LogP contribution in [0.15, 0.2) is 18.2 Å². The van der Waals surface area contributed by atoms with Crippen molar-refractivity contribution >= 4 is 11.6 Å². The fourth-order valence-electron chi connectivity index (χ4n) is 2.29. The predicted octanol–water partition coefficient (Wildman–Crippen LogP) is 2.24. The first-order valence-electron chi connectivity index (χ1n) is 6.63. The van der Waals surface area contributed by atoms with Crippen LogP contribution in [0.1, 0.15) is 30.1 Å². The summed E-state index contributed by atoms with van der Waals surface area (Å²) in [5, 5.41) is 0. The van der Waals surface area contributed by atoms with Crippen molar-refractivity contribution in [2.24, 2.45) is 5.92 Å². The molecule has 1 heterocycles. The molecular weight excluding hydrogens is 245 g/mol. The van der Waals surface area contributed by atoms with Gasteiger partial charge in [-0.3, -0.25) is 4.79 Å². The van der Waals surface area contributed by atoms with E-state index in [1.54, 1.807) is 18.0 Å². The fraction of sp³-hybridized carbons (Fsp3) is 0.500. The summed E-state index contributed by atoms with van der Waals surface area (Å²) in [6.45, 7) is 3.62. The maximum atomic E-state index is 13.9. The molecule has 0 unspecified atom stereocenters. The van der Waals surface area contributed by atoms with Crippen LogP contribution in [0.4, 0.5) is 10.1 Å². The first kappa shape index (κ1) is 13.8. The zero-order valence-electron chi connectivity index (χ0n) is 11.4. The number of hydrazine groups is 1. The topological polar surface area (TPSA) is 44.4 Å². The number of carbonyl (C=O) groups excluding carboxylic acids is 1. The van der Waals surface area contributed by atoms with E-state index in [4.69, 9.17) is 0 Å². The SMILES string of the molecule is CNNc1ccc(C(=O)N2CCC(C)CC2)c(F)c1. The molecule has 104 valence electrons. The number of nitrogens with zero attached hydrogens (tertiary/aromatic N) is 1. The first-order valence-corrected chi connectivity index (χ1v) is 6.63. The van der Waals surface area contributed by atoms with Gasteiger partial charge < -0.3 is 10.3 Å². The molecule has 0 radical (unpaired) electrons. The second-order valence-corrected chi connectivity index (χ2v) is 5.04. The van der Waals surface area contributed by atoms with E-state index in [0.29, 0.717) is 11.6 Å². The molecule has 4 nitrogen and oxygen atoms in total. The molecule has 1 aliphatic heterocycles. The molecule has 2 N–H and O–H groups in total. The average molecular weight is 265 g/mol. The Hall–Kier alpha value is -1.62. The van der Waals surface area contributed by atoms with Gasteiger partial charge in [0.25, 0.3) is 5.91 Å². The third-order valence-electron chi connectivity index (χ3n) is 3.54. The van der Waals surface area contributed by atoms with Gasteiger partial charge in [0.15, 0.2) is 0 Å². The lowest BCUT2D eigenvalue weighted by Gasteiger charge is -2.30. The van der Waals surface area contributed by atoms with E-state index in [1.165, 1.54) is 12.1 Å². The summed E-state index contributed by atoms with van der Waals surface area (Å²) in [5.41, 5.74) is 6.25. The van der Waals surface area contributed by atoms with Crippen LogP contribution in [0.25, 0.3) is 0 Å². The fourth-order valence-corrected chi connectivity index (χ4v) is 2.29. The number of nitrogens with one attached hydrogen (secondary N) is 2. The average Bonchev–Trinajstić information content (AvgIpc) is 2.39. The van der Waals surface area contributed by atoms with E-state index in [0.717, 1.165) is 25.9 Å². The Kier molecular flexibility index (Phi) is 4.37. The van der Waals surface area contributed by atoms with Crippen molar-refractivity contribution in [3.63, 3.8) is 0 Å². The number of amides is 1. The molecule has 0 atom stereocenters. The normalized spacial score (nSPS) is 16.5. The minimum absolute atomic E-state index is 0.149. The third kappa shape index (κ3) is 3.23. The van der Waals surface area contributed by atoms with E-state index in [-0.39, 0.29) is 11.5 Å². The summed E-state index contributed by atoms with van der Waals surface area (Å²) < 4.78 is 13.9. The molecule has 1 amide bonds. The summed E-state index contributed by atoms with van der Waals surface area (Å²) in [7, 11) is 1.70. The van der Waals surface area contributed by atoms with E-state index >= 15 is 0 Å². The van der Waals surface area contributed by atoms with E-state index in [9.17, 15) is 9.18 Å². The van der Waals surface area contributed by atoms with Crippen molar-refractivity contribution < 1.29 is 9.18 Å². The maximum absolute atomic E-state index is 13.9. The molecule has 0 bridgehead atoms. The molecule has 1 aromatic rings. The summed E-state index contributed by atoms with van der Waals surface area (Å²) in [4.78, 5) is 14.0. The Labute approximate surface area is 113 Å². The highest BCUT2D eigenvalue weighted by molar-refractivity contribution is 5.94. The smallest absolute Gasteiger partial charge is 0.256 e. The standard InChI is InChI=1S/C14H20FN3O/c1-10-5-7-18(8-6-10)14(19)12-4-3-11(17-16-2)9-13(12)15/h3-4,9-10,16-17H,5-8H2,1-2H3. The van der Waals surface area contributed by atoms with Crippen molar-refractivity contribution in [1.29, 1.82) is 0 Å². The molecular formula is C14H20FN3O. The van der Waals surface area contributed by atoms with Crippen LogP contribution < -0.4 is 10.9 Å². The van der Waals surface area contributed by atoms with E-state index in [1.807, 2.05) is 0 Å². The van der Waals surface area contributed by atoms with Gasteiger partial charge in [0.2, 0.25) is 0 Å². The molecule has 1 aromatic carbocycles. The number of hydrogen-bond acceptors (Lipinski definition) is 3. The molecule has 0 aliphatic carbocycles. The van der Waals surface area contributed by atoms with Crippen LogP contribution in [-0.4, -0.2) is 30.9 Å². The quantitative estimate of drug-likeness (QED) is 0.824. The molecule has 0 spiro atoms. The number of likely N-dealkylation sites (tertiary alicyclic amines) is 1. The number of piperidine rings is 1. The number of hydrogen-bond donors (Lipinski definition) is 2. The van der Waals surface area contributed by atoms with E-state index < -0.39 is 5.82 Å².